The van der Waals surface area contributed by atoms with Gasteiger partial charge in [-0.15, -0.1) is 0 Å². The van der Waals surface area contributed by atoms with E-state index in [1.165, 1.54) is 17.1 Å². The van der Waals surface area contributed by atoms with Gasteiger partial charge in [-0.1, -0.05) is 0 Å². The average Bonchev–Trinajstić information content (AvgIpc) is 2.69. The number of hydrogen-bond acceptors (Lipinski definition) is 4. The van der Waals surface area contributed by atoms with Crippen LogP contribution in [0, 0.1) is 0 Å². The van der Waals surface area contributed by atoms with E-state index in [1.54, 1.807) is 7.11 Å². The number of methoxy groups -OCH3 is 2. The fourth-order valence-electron chi connectivity index (χ4n) is 2.62. The molecule has 0 N–H and O–H groups in total. The van der Waals surface area contributed by atoms with Crippen molar-refractivity contribution in [3.05, 3.63) is 59.2 Å². The number of carbonyl (C=O) groups excluding carboxylic acids is 1. The Hall–Kier alpha value is -1.81. The molecule has 0 aliphatic carbocycles. The van der Waals surface area contributed by atoms with Gasteiger partial charge in [0.25, 0.3) is 0 Å². The number of rotatable bonds is 10. The van der Waals surface area contributed by atoms with Crippen molar-refractivity contribution in [3.63, 3.8) is 0 Å². The maximum absolute atomic E-state index is 12.4. The second-order valence-electron chi connectivity index (χ2n) is 5.88. The Balaban J connectivity index is 2.37. The minimum absolute atomic E-state index is 0.102. The first-order valence-electron chi connectivity index (χ1n) is 8.73. The zero-order chi connectivity index (χ0) is 18.8. The molecule has 5 heteroatoms. The van der Waals surface area contributed by atoms with Crippen molar-refractivity contribution in [2.24, 2.45) is 0 Å². The van der Waals surface area contributed by atoms with Crippen LogP contribution in [0.2, 0.25) is 0 Å². The summed E-state index contributed by atoms with van der Waals surface area (Å²) >= 11 is 0.228. The molecule has 0 radical (unpaired) electrons. The molecule has 0 aromatic heterocycles. The van der Waals surface area contributed by atoms with Gasteiger partial charge in [0.2, 0.25) is 0 Å². The van der Waals surface area contributed by atoms with E-state index >= 15 is 0 Å². The predicted molar refractivity (Wildman–Crippen MR) is 104 cm³/mol. The van der Waals surface area contributed by atoms with Gasteiger partial charge in [-0.3, -0.25) is 0 Å². The van der Waals surface area contributed by atoms with E-state index in [1.807, 2.05) is 24.3 Å². The fraction of sp³-hybridized carbons (Fsp3) is 0.381. The van der Waals surface area contributed by atoms with E-state index in [9.17, 15) is 4.79 Å². The van der Waals surface area contributed by atoms with Gasteiger partial charge in [0.15, 0.2) is 0 Å². The number of hydrogen-bond donors (Lipinski definition) is 0. The molecule has 0 fully saturated rings. The molecule has 0 aliphatic rings. The van der Waals surface area contributed by atoms with Gasteiger partial charge in [-0.05, 0) is 0 Å². The van der Waals surface area contributed by atoms with E-state index in [4.69, 9.17) is 14.2 Å². The molecular formula is C21H26O4Se. The first kappa shape index (κ1) is 20.5. The minimum atomic E-state index is -0.364. The second kappa shape index (κ2) is 11.0. The van der Waals surface area contributed by atoms with Crippen LogP contribution >= 0.6 is 0 Å². The van der Waals surface area contributed by atoms with Crippen molar-refractivity contribution >= 4 is 25.4 Å². The molecule has 0 spiro atoms. The zero-order valence-electron chi connectivity index (χ0n) is 15.6. The van der Waals surface area contributed by atoms with Crippen LogP contribution in [-0.4, -0.2) is 41.9 Å². The molecular weight excluding hydrogens is 395 g/mol. The summed E-state index contributed by atoms with van der Waals surface area (Å²) in [5.74, 6) is 0.183. The van der Waals surface area contributed by atoms with Gasteiger partial charge in [0.1, 0.15) is 0 Å². The summed E-state index contributed by atoms with van der Waals surface area (Å²) in [6, 6.07) is 14.4. The third-order valence-electron chi connectivity index (χ3n) is 3.92. The van der Waals surface area contributed by atoms with Crippen LogP contribution in [0.4, 0.5) is 0 Å². The molecule has 0 atom stereocenters. The van der Waals surface area contributed by atoms with Crippen molar-refractivity contribution in [2.75, 3.05) is 21.0 Å². The third kappa shape index (κ3) is 5.87. The van der Waals surface area contributed by atoms with Gasteiger partial charge >= 0.3 is 162 Å². The number of aryl methyl sites for hydroxylation is 1. The normalized spacial score (nSPS) is 10.6. The summed E-state index contributed by atoms with van der Waals surface area (Å²) in [5.41, 5.74) is 2.69. The topological polar surface area (TPSA) is 44.8 Å². The number of ether oxygens (including phenoxy) is 3. The fourth-order valence-corrected chi connectivity index (χ4v) is 4.51. The first-order valence-corrected chi connectivity index (χ1v) is 10.8. The van der Waals surface area contributed by atoms with Gasteiger partial charge in [0, 0.05) is 0 Å². The van der Waals surface area contributed by atoms with Crippen LogP contribution in [-0.2, 0) is 21.2 Å². The van der Waals surface area contributed by atoms with Gasteiger partial charge < -0.3 is 0 Å². The quantitative estimate of drug-likeness (QED) is 0.335. The molecule has 140 valence electrons. The number of carbonyl (C=O) groups is 1. The van der Waals surface area contributed by atoms with E-state index in [2.05, 4.69) is 25.1 Å². The Bertz CT molecular complexity index is 701. The Morgan fingerprint density at radius 3 is 2.54 bits per heavy atom. The molecule has 0 saturated carbocycles. The van der Waals surface area contributed by atoms with Crippen molar-refractivity contribution in [1.82, 2.24) is 0 Å². The first-order chi connectivity index (χ1) is 12.7. The van der Waals surface area contributed by atoms with E-state index in [0.717, 1.165) is 30.1 Å². The van der Waals surface area contributed by atoms with Crippen LogP contribution in [0.3, 0.4) is 0 Å². The summed E-state index contributed by atoms with van der Waals surface area (Å²) in [6.45, 7) is 2.27. The van der Waals surface area contributed by atoms with Crippen LogP contribution in [0.1, 0.15) is 41.3 Å². The van der Waals surface area contributed by atoms with Crippen molar-refractivity contribution < 1.29 is 19.0 Å². The molecule has 0 unspecified atom stereocenters. The summed E-state index contributed by atoms with van der Waals surface area (Å²) in [7, 11) is 2.97. The molecule has 26 heavy (non-hydrogen) atoms. The molecule has 0 aliphatic heterocycles. The monoisotopic (exact) mass is 422 g/mol. The molecule has 0 heterocycles. The zero-order valence-corrected chi connectivity index (χ0v) is 17.3. The standard InChI is InChI=1S/C21H26O4Se/c1-4-5-9-16-12-17(14-26-18-10-7-6-8-11-18)20(21(22)24-3)19(13-16)25-15-23-2/h6-8,10-13H,4-5,9,14-15H2,1-3H3. The second-order valence-corrected chi connectivity index (χ2v) is 8.08. The Morgan fingerprint density at radius 1 is 1.12 bits per heavy atom. The maximum atomic E-state index is 12.4. The molecule has 0 saturated heterocycles. The van der Waals surface area contributed by atoms with E-state index < -0.39 is 0 Å². The Morgan fingerprint density at radius 2 is 1.88 bits per heavy atom. The molecule has 4 nitrogen and oxygen atoms in total. The number of benzene rings is 2. The third-order valence-corrected chi connectivity index (χ3v) is 6.15. The molecule has 0 bridgehead atoms. The van der Waals surface area contributed by atoms with Crippen molar-refractivity contribution in [1.29, 1.82) is 0 Å². The summed E-state index contributed by atoms with van der Waals surface area (Å²) in [4.78, 5) is 12.4. The number of unbranched alkanes of at least 4 members (excludes halogenated alkanes) is 1. The van der Waals surface area contributed by atoms with Gasteiger partial charge in [0.05, 0.1) is 0 Å². The van der Waals surface area contributed by atoms with Crippen molar-refractivity contribution in [2.45, 2.75) is 31.5 Å². The Kier molecular flexibility index (Phi) is 8.69. The van der Waals surface area contributed by atoms with Crippen LogP contribution in [0.15, 0.2) is 42.5 Å². The molecule has 2 rings (SSSR count). The van der Waals surface area contributed by atoms with Crippen LogP contribution < -0.4 is 9.20 Å². The van der Waals surface area contributed by atoms with E-state index in [-0.39, 0.29) is 27.7 Å². The van der Waals surface area contributed by atoms with Crippen molar-refractivity contribution in [3.8, 4) is 5.75 Å². The van der Waals surface area contributed by atoms with Gasteiger partial charge in [-0.2, -0.15) is 0 Å². The summed E-state index contributed by atoms with van der Waals surface area (Å²) < 4.78 is 17.1. The molecule has 2 aromatic carbocycles. The Labute approximate surface area is 162 Å². The molecule has 0 amide bonds. The SMILES string of the molecule is CCCCc1cc(C[Se]c2ccccc2)c(C(=O)OC)c(OCOC)c1. The number of esters is 1. The predicted octanol–water partition coefficient (Wildman–Crippen LogP) is 3.33. The van der Waals surface area contributed by atoms with Gasteiger partial charge in [-0.25, -0.2) is 0 Å². The van der Waals surface area contributed by atoms with Crippen LogP contribution in [0.5, 0.6) is 5.75 Å². The van der Waals surface area contributed by atoms with E-state index in [0.29, 0.717) is 11.3 Å². The summed E-state index contributed by atoms with van der Waals surface area (Å²) in [6.07, 6.45) is 3.19. The molecule has 2 aromatic rings. The summed E-state index contributed by atoms with van der Waals surface area (Å²) in [5, 5.41) is 0.810. The average molecular weight is 421 g/mol. The van der Waals surface area contributed by atoms with Crippen LogP contribution in [0.25, 0.3) is 0 Å².